The summed E-state index contributed by atoms with van der Waals surface area (Å²) in [4.78, 5) is 37.3. The summed E-state index contributed by atoms with van der Waals surface area (Å²) < 4.78 is 5.00. The van der Waals surface area contributed by atoms with Gasteiger partial charge in [-0.1, -0.05) is 19.9 Å². The van der Waals surface area contributed by atoms with Crippen LogP contribution in [-0.4, -0.2) is 41.8 Å². The van der Waals surface area contributed by atoms with E-state index in [9.17, 15) is 14.4 Å². The molecule has 0 spiro atoms. The lowest BCUT2D eigenvalue weighted by atomic mass is 10.0. The van der Waals surface area contributed by atoms with Crippen molar-refractivity contribution in [3.63, 3.8) is 0 Å². The van der Waals surface area contributed by atoms with Gasteiger partial charge in [-0.2, -0.15) is 0 Å². The van der Waals surface area contributed by atoms with Crippen LogP contribution < -0.4 is 10.1 Å². The number of rotatable bonds is 5. The van der Waals surface area contributed by atoms with Crippen molar-refractivity contribution in [2.24, 2.45) is 5.92 Å². The van der Waals surface area contributed by atoms with Crippen LogP contribution in [0.15, 0.2) is 24.3 Å². The monoisotopic (exact) mass is 346 g/mol. The van der Waals surface area contributed by atoms with E-state index in [0.717, 1.165) is 12.8 Å². The second-order valence-corrected chi connectivity index (χ2v) is 6.85. The van der Waals surface area contributed by atoms with E-state index in [1.165, 1.54) is 6.92 Å². The molecule has 0 radical (unpaired) electrons. The van der Waals surface area contributed by atoms with Crippen molar-refractivity contribution >= 4 is 17.8 Å². The average molecular weight is 346 g/mol. The molecule has 6 nitrogen and oxygen atoms in total. The molecule has 1 fully saturated rings. The number of esters is 1. The number of ether oxygens (including phenoxy) is 1. The van der Waals surface area contributed by atoms with Gasteiger partial charge in [0, 0.05) is 38.0 Å². The number of piperidine rings is 1. The summed E-state index contributed by atoms with van der Waals surface area (Å²) in [7, 11) is 0. The molecule has 0 bridgehead atoms. The number of nitrogens with one attached hydrogen (secondary N) is 1. The zero-order chi connectivity index (χ0) is 18.4. The predicted molar refractivity (Wildman–Crippen MR) is 94.3 cm³/mol. The first-order chi connectivity index (χ1) is 11.8. The Hall–Kier alpha value is -2.37. The Morgan fingerprint density at radius 2 is 1.92 bits per heavy atom. The summed E-state index contributed by atoms with van der Waals surface area (Å²) in [5.74, 6) is 0.287. The number of likely N-dealkylation sites (tertiary alicyclic amines) is 1. The average Bonchev–Trinajstić information content (AvgIpc) is 2.54. The fourth-order valence-electron chi connectivity index (χ4n) is 2.89. The van der Waals surface area contributed by atoms with E-state index in [1.807, 2.05) is 18.7 Å². The maximum absolute atomic E-state index is 12.4. The van der Waals surface area contributed by atoms with Crippen molar-refractivity contribution in [3.05, 3.63) is 29.8 Å². The normalized spacial score (nSPS) is 15.1. The van der Waals surface area contributed by atoms with Crippen LogP contribution in [0.5, 0.6) is 5.75 Å². The lowest BCUT2D eigenvalue weighted by Crippen LogP contribution is -2.46. The zero-order valence-electron chi connectivity index (χ0n) is 15.1. The highest BCUT2D eigenvalue weighted by Crippen LogP contribution is 2.16. The second-order valence-electron chi connectivity index (χ2n) is 6.85. The Morgan fingerprint density at radius 3 is 2.52 bits per heavy atom. The second kappa shape index (κ2) is 8.65. The summed E-state index contributed by atoms with van der Waals surface area (Å²) in [6.45, 7) is 6.73. The van der Waals surface area contributed by atoms with Crippen molar-refractivity contribution in [1.29, 1.82) is 0 Å². The van der Waals surface area contributed by atoms with Crippen LogP contribution in [0, 0.1) is 5.92 Å². The lowest BCUT2D eigenvalue weighted by molar-refractivity contribution is -0.133. The van der Waals surface area contributed by atoms with Crippen LogP contribution in [0.2, 0.25) is 0 Å². The van der Waals surface area contributed by atoms with E-state index in [1.54, 1.807) is 24.3 Å². The van der Waals surface area contributed by atoms with Crippen molar-refractivity contribution < 1.29 is 19.1 Å². The smallest absolute Gasteiger partial charge is 0.308 e. The van der Waals surface area contributed by atoms with Gasteiger partial charge >= 0.3 is 5.97 Å². The standard InChI is InChI=1S/C19H26N2O4/c1-13(2)11-18(23)21-9-7-16(8-10-21)20-19(24)15-5-4-6-17(12-15)25-14(3)22/h4-6,12-13,16H,7-11H2,1-3H3,(H,20,24). The lowest BCUT2D eigenvalue weighted by Gasteiger charge is -2.32. The van der Waals surface area contributed by atoms with Crippen LogP contribution in [0.25, 0.3) is 0 Å². The quantitative estimate of drug-likeness (QED) is 0.656. The SMILES string of the molecule is CC(=O)Oc1cccc(C(=O)NC2CCN(C(=O)CC(C)C)CC2)c1. The van der Waals surface area contributed by atoms with Gasteiger partial charge in [-0.25, -0.2) is 0 Å². The maximum atomic E-state index is 12.4. The molecule has 2 amide bonds. The number of benzene rings is 1. The Kier molecular flexibility index (Phi) is 6.56. The van der Waals surface area contributed by atoms with Gasteiger partial charge in [0.25, 0.3) is 5.91 Å². The molecule has 0 saturated carbocycles. The van der Waals surface area contributed by atoms with Crippen molar-refractivity contribution in [1.82, 2.24) is 10.2 Å². The summed E-state index contributed by atoms with van der Waals surface area (Å²) in [6, 6.07) is 6.60. The van der Waals surface area contributed by atoms with Gasteiger partial charge in [-0.15, -0.1) is 0 Å². The molecule has 0 aliphatic carbocycles. The molecule has 1 aliphatic heterocycles. The third-order valence-corrected chi connectivity index (χ3v) is 4.12. The van der Waals surface area contributed by atoms with Crippen LogP contribution in [0.1, 0.15) is 50.4 Å². The van der Waals surface area contributed by atoms with Gasteiger partial charge < -0.3 is 15.0 Å². The third kappa shape index (κ3) is 5.89. The van der Waals surface area contributed by atoms with Gasteiger partial charge in [-0.05, 0) is 37.0 Å². The topological polar surface area (TPSA) is 75.7 Å². The van der Waals surface area contributed by atoms with Gasteiger partial charge in [0.15, 0.2) is 0 Å². The van der Waals surface area contributed by atoms with E-state index >= 15 is 0 Å². The Balaban J connectivity index is 1.86. The molecule has 0 aromatic heterocycles. The van der Waals surface area contributed by atoms with Crippen LogP contribution in [0.4, 0.5) is 0 Å². The predicted octanol–water partition coefficient (Wildman–Crippen LogP) is 2.38. The summed E-state index contributed by atoms with van der Waals surface area (Å²) in [6.07, 6.45) is 2.07. The largest absolute Gasteiger partial charge is 0.427 e. The van der Waals surface area contributed by atoms with Crippen LogP contribution >= 0.6 is 0 Å². The Morgan fingerprint density at radius 1 is 1.24 bits per heavy atom. The van der Waals surface area contributed by atoms with Gasteiger partial charge in [-0.3, -0.25) is 14.4 Å². The molecule has 0 atom stereocenters. The molecular formula is C19H26N2O4. The van der Waals surface area contributed by atoms with Crippen LogP contribution in [-0.2, 0) is 9.59 Å². The van der Waals surface area contributed by atoms with E-state index in [2.05, 4.69) is 5.32 Å². The molecule has 1 aliphatic rings. The molecule has 0 unspecified atom stereocenters. The minimum atomic E-state index is -0.420. The minimum absolute atomic E-state index is 0.0491. The number of amides is 2. The number of nitrogens with zero attached hydrogens (tertiary/aromatic N) is 1. The first-order valence-corrected chi connectivity index (χ1v) is 8.72. The van der Waals surface area contributed by atoms with E-state index in [4.69, 9.17) is 4.74 Å². The molecule has 136 valence electrons. The highest BCUT2D eigenvalue weighted by atomic mass is 16.5. The first kappa shape index (κ1) is 19.0. The number of carbonyl (C=O) groups is 3. The fourth-order valence-corrected chi connectivity index (χ4v) is 2.89. The molecule has 1 N–H and O–H groups in total. The number of carbonyl (C=O) groups excluding carboxylic acids is 3. The van der Waals surface area contributed by atoms with E-state index < -0.39 is 5.97 Å². The number of hydrogen-bond acceptors (Lipinski definition) is 4. The molecular weight excluding hydrogens is 320 g/mol. The summed E-state index contributed by atoms with van der Waals surface area (Å²) in [5, 5.41) is 3.00. The molecule has 1 aromatic carbocycles. The molecule has 25 heavy (non-hydrogen) atoms. The zero-order valence-corrected chi connectivity index (χ0v) is 15.1. The summed E-state index contributed by atoms with van der Waals surface area (Å²) >= 11 is 0. The minimum Gasteiger partial charge on any atom is -0.427 e. The molecule has 1 aromatic rings. The van der Waals surface area contributed by atoms with Crippen molar-refractivity contribution in [2.45, 2.75) is 46.1 Å². The molecule has 1 saturated heterocycles. The third-order valence-electron chi connectivity index (χ3n) is 4.12. The Bertz CT molecular complexity index is 634. The van der Waals surface area contributed by atoms with Gasteiger partial charge in [0.2, 0.25) is 5.91 Å². The highest BCUT2D eigenvalue weighted by Gasteiger charge is 2.24. The van der Waals surface area contributed by atoms with Crippen molar-refractivity contribution in [2.75, 3.05) is 13.1 Å². The van der Waals surface area contributed by atoms with Gasteiger partial charge in [0.05, 0.1) is 0 Å². The molecule has 1 heterocycles. The Labute approximate surface area is 148 Å². The summed E-state index contributed by atoms with van der Waals surface area (Å²) in [5.41, 5.74) is 0.456. The van der Waals surface area contributed by atoms with Crippen molar-refractivity contribution in [3.8, 4) is 5.75 Å². The maximum Gasteiger partial charge on any atom is 0.308 e. The molecule has 6 heteroatoms. The van der Waals surface area contributed by atoms with E-state index in [0.29, 0.717) is 36.7 Å². The van der Waals surface area contributed by atoms with Crippen LogP contribution in [0.3, 0.4) is 0 Å². The first-order valence-electron chi connectivity index (χ1n) is 8.72. The fraction of sp³-hybridized carbons (Fsp3) is 0.526. The highest BCUT2D eigenvalue weighted by molar-refractivity contribution is 5.95. The molecule has 2 rings (SSSR count). The van der Waals surface area contributed by atoms with Gasteiger partial charge in [0.1, 0.15) is 5.75 Å². The van der Waals surface area contributed by atoms with E-state index in [-0.39, 0.29) is 17.9 Å². The number of hydrogen-bond donors (Lipinski definition) is 1.